The second-order valence-electron chi connectivity index (χ2n) is 4.71. The maximum absolute atomic E-state index is 12.4. The molecule has 1 amide bonds. The Bertz CT molecular complexity index is 641. The molecule has 0 saturated heterocycles. The molecule has 2 aromatic rings. The largest absolute Gasteiger partial charge is 0.416 e. The summed E-state index contributed by atoms with van der Waals surface area (Å²) in [6, 6.07) is 8.09. The van der Waals surface area contributed by atoms with Crippen LogP contribution in [0.1, 0.15) is 10.4 Å². The summed E-state index contributed by atoms with van der Waals surface area (Å²) in [6.07, 6.45) is -4.20. The Hall–Kier alpha value is -2.35. The number of nitrogens with zero attached hydrogens (tertiary/aromatic N) is 3. The van der Waals surface area contributed by atoms with Crippen molar-refractivity contribution in [3.05, 3.63) is 48.3 Å². The molecule has 118 valence electrons. The lowest BCUT2D eigenvalue weighted by molar-refractivity contribution is -0.205. The highest BCUT2D eigenvalue weighted by atomic mass is 19.4. The number of hydrogen-bond acceptors (Lipinski definition) is 3. The van der Waals surface area contributed by atoms with Crippen LogP contribution in [-0.2, 0) is 0 Å². The summed E-state index contributed by atoms with van der Waals surface area (Å²) < 4.78 is 38.6. The van der Waals surface area contributed by atoms with Crippen LogP contribution in [0.25, 0.3) is 5.69 Å². The van der Waals surface area contributed by atoms with Crippen molar-refractivity contribution in [1.29, 1.82) is 0 Å². The average molecular weight is 313 g/mol. The minimum atomic E-state index is -4.77. The Morgan fingerprint density at radius 2 is 2.05 bits per heavy atom. The molecule has 1 N–H and O–H groups in total. The van der Waals surface area contributed by atoms with Crippen molar-refractivity contribution in [2.45, 2.75) is 12.3 Å². The molecule has 0 bridgehead atoms. The van der Waals surface area contributed by atoms with Gasteiger partial charge < -0.3 is 10.0 Å². The van der Waals surface area contributed by atoms with E-state index >= 15 is 0 Å². The van der Waals surface area contributed by atoms with Crippen LogP contribution in [0.5, 0.6) is 0 Å². The fourth-order valence-corrected chi connectivity index (χ4v) is 1.92. The maximum Gasteiger partial charge on any atom is 0.416 e. The van der Waals surface area contributed by atoms with Gasteiger partial charge in [-0.05, 0) is 18.2 Å². The number of aromatic nitrogens is 2. The van der Waals surface area contributed by atoms with E-state index in [1.165, 1.54) is 24.0 Å². The van der Waals surface area contributed by atoms with Gasteiger partial charge in [0, 0.05) is 19.4 Å². The van der Waals surface area contributed by atoms with Crippen LogP contribution in [-0.4, -0.2) is 51.6 Å². The quantitative estimate of drug-likeness (QED) is 0.937. The van der Waals surface area contributed by atoms with Crippen molar-refractivity contribution in [1.82, 2.24) is 14.7 Å². The van der Waals surface area contributed by atoms with E-state index < -0.39 is 24.7 Å². The first-order valence-corrected chi connectivity index (χ1v) is 6.40. The minimum Gasteiger partial charge on any atom is -0.382 e. The number of amides is 1. The number of aliphatic hydroxyl groups is 1. The van der Waals surface area contributed by atoms with Crippen LogP contribution in [0.2, 0.25) is 0 Å². The van der Waals surface area contributed by atoms with Crippen LogP contribution in [0.4, 0.5) is 13.2 Å². The van der Waals surface area contributed by atoms with Gasteiger partial charge in [0.1, 0.15) is 0 Å². The highest BCUT2D eigenvalue weighted by Gasteiger charge is 2.39. The van der Waals surface area contributed by atoms with Crippen LogP contribution < -0.4 is 0 Å². The predicted molar refractivity (Wildman–Crippen MR) is 72.6 cm³/mol. The average Bonchev–Trinajstić information content (AvgIpc) is 2.99. The summed E-state index contributed by atoms with van der Waals surface area (Å²) in [7, 11) is 1.21. The minimum absolute atomic E-state index is 0.197. The zero-order chi connectivity index (χ0) is 16.3. The molecular formula is C14H14F3N3O2. The third-order valence-corrected chi connectivity index (χ3v) is 3.06. The molecule has 0 aliphatic carbocycles. The molecular weight excluding hydrogens is 299 g/mol. The standard InChI is InChI=1S/C14H14F3N3O2/c1-19(9-12(21)14(15,16)17)13(22)10-5-2-3-6-11(10)20-8-4-7-18-20/h2-8,12,21H,9H2,1H3. The molecule has 22 heavy (non-hydrogen) atoms. The van der Waals surface area contributed by atoms with E-state index in [0.29, 0.717) is 5.69 Å². The number of benzene rings is 1. The van der Waals surface area contributed by atoms with E-state index in [-0.39, 0.29) is 5.56 Å². The van der Waals surface area contributed by atoms with Crippen molar-refractivity contribution in [3.63, 3.8) is 0 Å². The Morgan fingerprint density at radius 3 is 2.64 bits per heavy atom. The fourth-order valence-electron chi connectivity index (χ4n) is 1.92. The van der Waals surface area contributed by atoms with Gasteiger partial charge in [-0.1, -0.05) is 12.1 Å². The molecule has 1 heterocycles. The van der Waals surface area contributed by atoms with Crippen molar-refractivity contribution in [3.8, 4) is 5.69 Å². The number of likely N-dealkylation sites (N-methyl/N-ethyl adjacent to an activating group) is 1. The van der Waals surface area contributed by atoms with E-state index in [9.17, 15) is 18.0 Å². The smallest absolute Gasteiger partial charge is 0.382 e. The van der Waals surface area contributed by atoms with Crippen LogP contribution in [0, 0.1) is 0 Å². The Labute approximate surface area is 124 Å². The van der Waals surface area contributed by atoms with E-state index in [1.807, 2.05) is 0 Å². The molecule has 1 aromatic carbocycles. The third kappa shape index (κ3) is 3.45. The fraction of sp³-hybridized carbons (Fsp3) is 0.286. The lowest BCUT2D eigenvalue weighted by Gasteiger charge is -2.23. The van der Waals surface area contributed by atoms with Gasteiger partial charge in [-0.25, -0.2) is 4.68 Å². The topological polar surface area (TPSA) is 58.4 Å². The van der Waals surface area contributed by atoms with Gasteiger partial charge in [-0.15, -0.1) is 0 Å². The molecule has 0 spiro atoms. The second-order valence-corrected chi connectivity index (χ2v) is 4.71. The van der Waals surface area contributed by atoms with Gasteiger partial charge in [0.25, 0.3) is 5.91 Å². The molecule has 2 rings (SSSR count). The Kier molecular flexibility index (Phi) is 4.51. The molecule has 0 aliphatic heterocycles. The first kappa shape index (κ1) is 16.0. The van der Waals surface area contributed by atoms with Crippen LogP contribution >= 0.6 is 0 Å². The lowest BCUT2D eigenvalue weighted by Crippen LogP contribution is -2.42. The zero-order valence-electron chi connectivity index (χ0n) is 11.7. The summed E-state index contributed by atoms with van der Waals surface area (Å²) in [5, 5.41) is 13.1. The van der Waals surface area contributed by atoms with Gasteiger partial charge in [0.15, 0.2) is 6.10 Å². The lowest BCUT2D eigenvalue weighted by atomic mass is 10.1. The highest BCUT2D eigenvalue weighted by Crippen LogP contribution is 2.21. The summed E-state index contributed by atoms with van der Waals surface area (Å²) >= 11 is 0. The van der Waals surface area contributed by atoms with Crippen molar-refractivity contribution in [2.75, 3.05) is 13.6 Å². The monoisotopic (exact) mass is 313 g/mol. The van der Waals surface area contributed by atoms with Gasteiger partial charge in [-0.2, -0.15) is 18.3 Å². The summed E-state index contributed by atoms with van der Waals surface area (Å²) in [5.41, 5.74) is 0.647. The number of hydrogen-bond donors (Lipinski definition) is 1. The van der Waals surface area contributed by atoms with Crippen molar-refractivity contribution in [2.24, 2.45) is 0 Å². The zero-order valence-corrected chi connectivity index (χ0v) is 11.7. The number of carbonyl (C=O) groups is 1. The molecule has 5 nitrogen and oxygen atoms in total. The SMILES string of the molecule is CN(CC(O)C(F)(F)F)C(=O)c1ccccc1-n1cccn1. The Balaban J connectivity index is 2.23. The normalized spacial score (nSPS) is 13.0. The van der Waals surface area contributed by atoms with Gasteiger partial charge in [0.2, 0.25) is 0 Å². The van der Waals surface area contributed by atoms with Crippen LogP contribution in [0.15, 0.2) is 42.7 Å². The van der Waals surface area contributed by atoms with Crippen molar-refractivity contribution < 1.29 is 23.1 Å². The number of rotatable bonds is 4. The summed E-state index contributed by atoms with van der Waals surface area (Å²) in [5.74, 6) is -0.630. The Morgan fingerprint density at radius 1 is 1.36 bits per heavy atom. The predicted octanol–water partition coefficient (Wildman–Crippen LogP) is 1.87. The van der Waals surface area contributed by atoms with Gasteiger partial charge in [0.05, 0.1) is 17.8 Å². The van der Waals surface area contributed by atoms with Gasteiger partial charge in [-0.3, -0.25) is 4.79 Å². The first-order chi connectivity index (χ1) is 10.3. The van der Waals surface area contributed by atoms with Crippen molar-refractivity contribution >= 4 is 5.91 Å². The van der Waals surface area contributed by atoms with Crippen LogP contribution in [0.3, 0.4) is 0 Å². The maximum atomic E-state index is 12.4. The molecule has 0 aliphatic rings. The number of alkyl halides is 3. The summed E-state index contributed by atoms with van der Waals surface area (Å²) in [4.78, 5) is 13.2. The van der Waals surface area contributed by atoms with E-state index in [1.54, 1.807) is 30.5 Å². The molecule has 1 atom stereocenters. The highest BCUT2D eigenvalue weighted by molar-refractivity contribution is 5.97. The van der Waals surface area contributed by atoms with E-state index in [4.69, 9.17) is 5.11 Å². The second kappa shape index (κ2) is 6.18. The molecule has 0 fully saturated rings. The van der Waals surface area contributed by atoms with E-state index in [2.05, 4.69) is 5.10 Å². The first-order valence-electron chi connectivity index (χ1n) is 6.40. The molecule has 0 radical (unpaired) electrons. The third-order valence-electron chi connectivity index (χ3n) is 3.06. The van der Waals surface area contributed by atoms with E-state index in [0.717, 1.165) is 4.90 Å². The molecule has 0 saturated carbocycles. The number of halogens is 3. The number of para-hydroxylation sites is 1. The van der Waals surface area contributed by atoms with Gasteiger partial charge >= 0.3 is 6.18 Å². The number of carbonyl (C=O) groups excluding carboxylic acids is 1. The molecule has 8 heteroatoms. The molecule has 1 unspecified atom stereocenters. The molecule has 1 aromatic heterocycles. The summed E-state index contributed by atoms with van der Waals surface area (Å²) in [6.45, 7) is -0.838. The number of aliphatic hydroxyl groups excluding tert-OH is 1.